The second kappa shape index (κ2) is 40.0. The molecule has 3 N–H and O–H groups in total. The second-order valence-electron chi connectivity index (χ2n) is 17.5. The minimum absolute atomic E-state index is 0.0196. The third kappa shape index (κ3) is 41.5. The molecule has 0 saturated heterocycles. The fraction of sp³-hybridized carbons (Fsp3) is 0.833. The number of carbonyl (C=O) groups is 2. The Morgan fingerprint density at radius 1 is 0.583 bits per heavy atom. The third-order valence-electron chi connectivity index (χ3n) is 10.4. The molecular formula is C48H91NO10P+. The third-order valence-corrected chi connectivity index (χ3v) is 11.4. The van der Waals surface area contributed by atoms with E-state index in [2.05, 4.69) is 38.2 Å². The van der Waals surface area contributed by atoms with Crippen LogP contribution in [0.4, 0.5) is 0 Å². The number of quaternary nitrogens is 1. The highest BCUT2D eigenvalue weighted by molar-refractivity contribution is 7.47. The van der Waals surface area contributed by atoms with Gasteiger partial charge >= 0.3 is 19.8 Å². The number of carbonyl (C=O) groups excluding carboxylic acids is 2. The van der Waals surface area contributed by atoms with Gasteiger partial charge in [0.25, 0.3) is 0 Å². The Hall–Kier alpha value is -1.85. The van der Waals surface area contributed by atoms with Gasteiger partial charge in [0.1, 0.15) is 19.8 Å². The van der Waals surface area contributed by atoms with Crippen molar-refractivity contribution in [1.29, 1.82) is 0 Å². The number of aliphatic hydroxyl groups is 2. The Kier molecular flexibility index (Phi) is 38.7. The van der Waals surface area contributed by atoms with E-state index < -0.39 is 44.7 Å². The van der Waals surface area contributed by atoms with Gasteiger partial charge in [0.15, 0.2) is 6.10 Å². The summed E-state index contributed by atoms with van der Waals surface area (Å²) in [5.74, 6) is -1.08. The molecule has 0 radical (unpaired) electrons. The molecule has 0 aliphatic rings. The van der Waals surface area contributed by atoms with Gasteiger partial charge in [-0.2, -0.15) is 0 Å². The number of likely N-dealkylation sites (N-methyl/N-ethyl adjacent to an activating group) is 1. The highest BCUT2D eigenvalue weighted by atomic mass is 31.2. The number of rotatable bonds is 43. The topological polar surface area (TPSA) is 149 Å². The molecule has 352 valence electrons. The summed E-state index contributed by atoms with van der Waals surface area (Å²) in [5.41, 5.74) is 0. The number of phosphoric acid groups is 1. The average Bonchev–Trinajstić information content (AvgIpc) is 3.19. The number of phosphoric ester groups is 1. The molecule has 0 heterocycles. The lowest BCUT2D eigenvalue weighted by Gasteiger charge is -2.24. The van der Waals surface area contributed by atoms with Crippen molar-refractivity contribution in [2.45, 2.75) is 212 Å². The summed E-state index contributed by atoms with van der Waals surface area (Å²) in [5, 5.41) is 20.8. The number of nitrogens with zero attached hydrogens (tertiary/aromatic N) is 1. The fourth-order valence-electron chi connectivity index (χ4n) is 6.47. The molecule has 0 rings (SSSR count). The molecule has 0 spiro atoms. The molecule has 0 aliphatic carbocycles. The van der Waals surface area contributed by atoms with Crippen molar-refractivity contribution < 1.29 is 52.3 Å². The van der Waals surface area contributed by atoms with Gasteiger partial charge in [-0.1, -0.05) is 166 Å². The van der Waals surface area contributed by atoms with Crippen molar-refractivity contribution in [3.63, 3.8) is 0 Å². The van der Waals surface area contributed by atoms with Crippen LogP contribution in [0, 0.1) is 0 Å². The Morgan fingerprint density at radius 3 is 1.62 bits per heavy atom. The van der Waals surface area contributed by atoms with Crippen molar-refractivity contribution in [3.05, 3.63) is 36.5 Å². The lowest BCUT2D eigenvalue weighted by Crippen LogP contribution is -2.37. The van der Waals surface area contributed by atoms with Crippen LogP contribution in [0.3, 0.4) is 0 Å². The van der Waals surface area contributed by atoms with Crippen LogP contribution in [0.15, 0.2) is 36.5 Å². The number of esters is 2. The zero-order valence-electron chi connectivity index (χ0n) is 38.9. The summed E-state index contributed by atoms with van der Waals surface area (Å²) in [4.78, 5) is 35.5. The molecule has 0 fully saturated rings. The first-order chi connectivity index (χ1) is 28.8. The smallest absolute Gasteiger partial charge is 0.462 e. The maximum absolute atomic E-state index is 12.8. The van der Waals surface area contributed by atoms with Crippen molar-refractivity contribution in [2.75, 3.05) is 47.5 Å². The van der Waals surface area contributed by atoms with Crippen LogP contribution >= 0.6 is 7.82 Å². The highest BCUT2D eigenvalue weighted by Crippen LogP contribution is 2.43. The maximum Gasteiger partial charge on any atom is 0.472 e. The van der Waals surface area contributed by atoms with Crippen molar-refractivity contribution in [3.8, 4) is 0 Å². The summed E-state index contributed by atoms with van der Waals surface area (Å²) >= 11 is 0. The minimum atomic E-state index is -4.46. The summed E-state index contributed by atoms with van der Waals surface area (Å²) in [7, 11) is 1.30. The second-order valence-corrected chi connectivity index (χ2v) is 18.9. The quantitative estimate of drug-likeness (QED) is 0.0178. The summed E-state index contributed by atoms with van der Waals surface area (Å²) < 4.78 is 34.1. The molecule has 60 heavy (non-hydrogen) atoms. The molecule has 0 aromatic heterocycles. The molecular weight excluding hydrogens is 781 g/mol. The van der Waals surface area contributed by atoms with Gasteiger partial charge in [0.05, 0.1) is 40.0 Å². The highest BCUT2D eigenvalue weighted by Gasteiger charge is 2.27. The maximum atomic E-state index is 12.8. The first kappa shape index (κ1) is 58.1. The Balaban J connectivity index is 4.53. The van der Waals surface area contributed by atoms with E-state index in [0.29, 0.717) is 23.9 Å². The molecule has 12 heteroatoms. The summed E-state index contributed by atoms with van der Waals surface area (Å²) in [6.07, 6.45) is 37.9. The normalized spacial score (nSPS) is 14.9. The van der Waals surface area contributed by atoms with E-state index in [1.165, 1.54) is 103 Å². The average molecular weight is 873 g/mol. The molecule has 0 saturated carbocycles. The number of ether oxygens (including phenoxy) is 2. The molecule has 0 amide bonds. The SMILES string of the molecule is CCCCC/C=C\C/C=C\C/C=C\CC(O)C(O)CCCC(=O)O[C@H](COC(=O)CCCCCCCCCCCCCCCCCCC)COP(=O)(O)OCC[N+](C)(C)C. The standard InChI is InChI=1S/C48H90NO10P/c1-6-8-10-12-14-16-18-20-21-22-23-24-26-28-30-32-34-38-47(52)56-42-44(43-58-60(54,55)57-41-40-49(3,4)5)59-48(53)39-35-37-46(51)45(50)36-33-31-29-27-25-19-17-15-13-11-9-7-2/h15,17,25,27,31,33,44-46,50-51H,6-14,16,18-24,26,28-30,32,34-43H2,1-5H3/p+1/b17-15-,27-25-,33-31-/t44-,45?,46?/m1/s1. The van der Waals surface area contributed by atoms with E-state index in [1.807, 2.05) is 33.3 Å². The molecule has 4 atom stereocenters. The van der Waals surface area contributed by atoms with Crippen LogP contribution in [0.5, 0.6) is 0 Å². The first-order valence-corrected chi connectivity index (χ1v) is 25.4. The van der Waals surface area contributed by atoms with Gasteiger partial charge in [0.2, 0.25) is 0 Å². The van der Waals surface area contributed by atoms with Crippen LogP contribution in [0.1, 0.15) is 194 Å². The predicted molar refractivity (Wildman–Crippen MR) is 246 cm³/mol. The predicted octanol–water partition coefficient (Wildman–Crippen LogP) is 11.6. The van der Waals surface area contributed by atoms with E-state index >= 15 is 0 Å². The van der Waals surface area contributed by atoms with Gasteiger partial charge in [0, 0.05) is 12.8 Å². The van der Waals surface area contributed by atoms with Gasteiger partial charge in [-0.25, -0.2) is 4.57 Å². The van der Waals surface area contributed by atoms with Crippen LogP contribution in [-0.4, -0.2) is 97.3 Å². The Labute approximate surface area is 367 Å². The van der Waals surface area contributed by atoms with Crippen molar-refractivity contribution >= 4 is 19.8 Å². The number of hydrogen-bond acceptors (Lipinski definition) is 9. The Bertz CT molecular complexity index is 1150. The minimum Gasteiger partial charge on any atom is -0.462 e. The largest absolute Gasteiger partial charge is 0.472 e. The molecule has 11 nitrogen and oxygen atoms in total. The zero-order valence-corrected chi connectivity index (χ0v) is 39.8. The molecule has 0 aromatic rings. The van der Waals surface area contributed by atoms with E-state index in [4.69, 9.17) is 18.5 Å². The zero-order chi connectivity index (χ0) is 44.6. The van der Waals surface area contributed by atoms with E-state index in [-0.39, 0.29) is 38.9 Å². The van der Waals surface area contributed by atoms with Gasteiger partial charge < -0.3 is 29.1 Å². The van der Waals surface area contributed by atoms with Gasteiger partial charge in [-0.15, -0.1) is 0 Å². The monoisotopic (exact) mass is 873 g/mol. The number of unbranched alkanes of at least 4 members (excludes halogenated alkanes) is 19. The number of allylic oxidation sites excluding steroid dienone is 5. The number of aliphatic hydroxyl groups excluding tert-OH is 2. The summed E-state index contributed by atoms with van der Waals surface area (Å²) in [6.45, 7) is 4.07. The fourth-order valence-corrected chi connectivity index (χ4v) is 7.21. The molecule has 0 aliphatic heterocycles. The van der Waals surface area contributed by atoms with E-state index in [0.717, 1.165) is 38.5 Å². The lowest BCUT2D eigenvalue weighted by molar-refractivity contribution is -0.870. The van der Waals surface area contributed by atoms with Crippen LogP contribution in [-0.2, 0) is 32.7 Å². The molecule has 0 aromatic carbocycles. The van der Waals surface area contributed by atoms with Crippen LogP contribution < -0.4 is 0 Å². The van der Waals surface area contributed by atoms with E-state index in [9.17, 15) is 29.3 Å². The Morgan fingerprint density at radius 2 is 1.07 bits per heavy atom. The molecule has 3 unspecified atom stereocenters. The van der Waals surface area contributed by atoms with Crippen molar-refractivity contribution in [1.82, 2.24) is 0 Å². The van der Waals surface area contributed by atoms with Gasteiger partial charge in [-0.3, -0.25) is 18.6 Å². The number of hydrogen-bond donors (Lipinski definition) is 3. The molecule has 0 bridgehead atoms. The van der Waals surface area contributed by atoms with Crippen LogP contribution in [0.2, 0.25) is 0 Å². The first-order valence-electron chi connectivity index (χ1n) is 23.9. The van der Waals surface area contributed by atoms with Crippen molar-refractivity contribution in [2.24, 2.45) is 0 Å². The van der Waals surface area contributed by atoms with E-state index in [1.54, 1.807) is 0 Å². The van der Waals surface area contributed by atoms with Gasteiger partial charge in [-0.05, 0) is 51.4 Å². The van der Waals surface area contributed by atoms with Crippen LogP contribution in [0.25, 0.3) is 0 Å². The lowest BCUT2D eigenvalue weighted by atomic mass is 10.0. The summed E-state index contributed by atoms with van der Waals surface area (Å²) in [6, 6.07) is 0.